The SMILES string of the molecule is CC(C)(C)[Si](OC1CC(n2c(=O)[nH]c3cnc(Cl)nc32)C1)(c1ccccc1)c1ccccc1. The van der Waals surface area contributed by atoms with E-state index in [1.807, 2.05) is 12.1 Å². The molecule has 6 nitrogen and oxygen atoms in total. The monoisotopic (exact) mass is 478 g/mol. The molecule has 0 unspecified atom stereocenters. The predicted molar refractivity (Wildman–Crippen MR) is 134 cm³/mol. The summed E-state index contributed by atoms with van der Waals surface area (Å²) < 4.78 is 8.87. The summed E-state index contributed by atoms with van der Waals surface area (Å²) in [7, 11) is -2.61. The van der Waals surface area contributed by atoms with Gasteiger partial charge < -0.3 is 9.41 Å². The first kappa shape index (κ1) is 22.1. The molecular weight excluding hydrogens is 452 g/mol. The van der Waals surface area contributed by atoms with Crippen LogP contribution in [-0.4, -0.2) is 33.9 Å². The Balaban J connectivity index is 1.50. The largest absolute Gasteiger partial charge is 0.404 e. The van der Waals surface area contributed by atoms with Gasteiger partial charge in [-0.25, -0.2) is 9.78 Å². The van der Waals surface area contributed by atoms with E-state index in [9.17, 15) is 4.79 Å². The van der Waals surface area contributed by atoms with Crippen molar-refractivity contribution in [2.75, 3.05) is 0 Å². The summed E-state index contributed by atoms with van der Waals surface area (Å²) in [5.41, 5.74) is 0.963. The number of halogens is 1. The molecule has 0 amide bonds. The number of H-pyrrole nitrogens is 1. The van der Waals surface area contributed by atoms with E-state index in [0.717, 1.165) is 12.8 Å². The van der Waals surface area contributed by atoms with Crippen molar-refractivity contribution in [2.24, 2.45) is 0 Å². The van der Waals surface area contributed by atoms with Crippen LogP contribution < -0.4 is 16.1 Å². The molecule has 0 atom stereocenters. The van der Waals surface area contributed by atoms with Crippen LogP contribution in [0.4, 0.5) is 0 Å². The van der Waals surface area contributed by atoms with Gasteiger partial charge in [0.25, 0.3) is 8.32 Å². The van der Waals surface area contributed by atoms with Crippen LogP contribution in [-0.2, 0) is 4.43 Å². The first-order chi connectivity index (χ1) is 15.8. The second-order valence-electron chi connectivity index (χ2n) is 9.70. The molecule has 1 aliphatic carbocycles. The summed E-state index contributed by atoms with van der Waals surface area (Å²) in [6, 6.07) is 21.3. The molecule has 1 N–H and O–H groups in total. The molecular formula is C25H27ClN4O2Si. The summed E-state index contributed by atoms with van der Waals surface area (Å²) in [6.07, 6.45) is 3.10. The van der Waals surface area contributed by atoms with Crippen LogP contribution in [0.15, 0.2) is 71.7 Å². The van der Waals surface area contributed by atoms with Gasteiger partial charge in [0.15, 0.2) is 5.65 Å². The van der Waals surface area contributed by atoms with E-state index in [0.29, 0.717) is 11.2 Å². The third kappa shape index (κ3) is 3.74. The molecule has 8 heteroatoms. The minimum Gasteiger partial charge on any atom is -0.404 e. The van der Waals surface area contributed by atoms with Crippen molar-refractivity contribution in [3.63, 3.8) is 0 Å². The summed E-state index contributed by atoms with van der Waals surface area (Å²) >= 11 is 6.00. The predicted octanol–water partition coefficient (Wildman–Crippen LogP) is 4.05. The molecule has 0 spiro atoms. The number of hydrogen-bond donors (Lipinski definition) is 1. The van der Waals surface area contributed by atoms with Gasteiger partial charge in [0.1, 0.15) is 5.52 Å². The highest BCUT2D eigenvalue weighted by Gasteiger charge is 2.53. The number of imidazole rings is 1. The first-order valence-corrected chi connectivity index (χ1v) is 13.5. The molecule has 2 heterocycles. The number of nitrogens with zero attached hydrogens (tertiary/aromatic N) is 3. The van der Waals surface area contributed by atoms with Crippen LogP contribution >= 0.6 is 11.6 Å². The zero-order valence-electron chi connectivity index (χ0n) is 19.0. The standard InChI is InChI=1S/C25H27ClN4O2Si/c1-25(2,3)33(19-10-6-4-7-11-19,20-12-8-5-9-13-20)32-18-14-17(15-18)30-22-21(28-24(30)31)16-27-23(26)29-22/h4-13,16-18H,14-15H2,1-3H3,(H,28,31). The summed E-state index contributed by atoms with van der Waals surface area (Å²) in [6.45, 7) is 6.83. The van der Waals surface area contributed by atoms with E-state index >= 15 is 0 Å². The number of benzene rings is 2. The van der Waals surface area contributed by atoms with Crippen molar-refractivity contribution in [3.8, 4) is 0 Å². The molecule has 1 aliphatic rings. The third-order valence-electron chi connectivity index (χ3n) is 6.62. The molecule has 5 rings (SSSR count). The number of hydrogen-bond acceptors (Lipinski definition) is 4. The lowest BCUT2D eigenvalue weighted by Crippen LogP contribution is -2.68. The van der Waals surface area contributed by atoms with E-state index in [1.165, 1.54) is 10.4 Å². The van der Waals surface area contributed by atoms with Crippen LogP contribution in [0.2, 0.25) is 10.3 Å². The van der Waals surface area contributed by atoms with Gasteiger partial charge in [0.05, 0.1) is 6.20 Å². The van der Waals surface area contributed by atoms with Gasteiger partial charge in [-0.1, -0.05) is 81.4 Å². The van der Waals surface area contributed by atoms with Gasteiger partial charge in [0, 0.05) is 12.1 Å². The Morgan fingerprint density at radius 1 is 1.03 bits per heavy atom. The zero-order valence-corrected chi connectivity index (χ0v) is 20.7. The Morgan fingerprint density at radius 2 is 1.61 bits per heavy atom. The van der Waals surface area contributed by atoms with Gasteiger partial charge in [-0.3, -0.25) is 4.57 Å². The average molecular weight is 479 g/mol. The van der Waals surface area contributed by atoms with Gasteiger partial charge in [0.2, 0.25) is 5.28 Å². The van der Waals surface area contributed by atoms with E-state index < -0.39 is 8.32 Å². The molecule has 0 bridgehead atoms. The molecule has 1 saturated carbocycles. The highest BCUT2D eigenvalue weighted by Crippen LogP contribution is 2.43. The van der Waals surface area contributed by atoms with Gasteiger partial charge in [-0.05, 0) is 39.9 Å². The molecule has 4 aromatic rings. The number of rotatable bonds is 5. The van der Waals surface area contributed by atoms with Crippen LogP contribution in [0.5, 0.6) is 0 Å². The maximum Gasteiger partial charge on any atom is 0.327 e. The van der Waals surface area contributed by atoms with Crippen molar-refractivity contribution in [1.29, 1.82) is 0 Å². The molecule has 0 radical (unpaired) electrons. The fraction of sp³-hybridized carbons (Fsp3) is 0.320. The molecule has 2 aromatic carbocycles. The maximum absolute atomic E-state index is 12.6. The lowest BCUT2D eigenvalue weighted by Gasteiger charge is -2.48. The number of aromatic amines is 1. The fourth-order valence-corrected chi connectivity index (χ4v) is 9.86. The maximum atomic E-state index is 12.6. The second-order valence-corrected chi connectivity index (χ2v) is 14.3. The van der Waals surface area contributed by atoms with E-state index in [4.69, 9.17) is 16.0 Å². The molecule has 0 aliphatic heterocycles. The Labute approximate surface area is 198 Å². The van der Waals surface area contributed by atoms with Gasteiger partial charge >= 0.3 is 5.69 Å². The number of aromatic nitrogens is 4. The van der Waals surface area contributed by atoms with Crippen molar-refractivity contribution in [3.05, 3.63) is 82.6 Å². The number of fused-ring (bicyclic) bond motifs is 1. The smallest absolute Gasteiger partial charge is 0.327 e. The first-order valence-electron chi connectivity index (χ1n) is 11.2. The van der Waals surface area contributed by atoms with E-state index in [2.05, 4.69) is 84.3 Å². The van der Waals surface area contributed by atoms with Crippen molar-refractivity contribution in [1.82, 2.24) is 19.5 Å². The lowest BCUT2D eigenvalue weighted by atomic mass is 9.89. The minimum absolute atomic E-state index is 0.0143. The van der Waals surface area contributed by atoms with Crippen LogP contribution in [0.1, 0.15) is 39.7 Å². The molecule has 0 saturated heterocycles. The summed E-state index contributed by atoms with van der Waals surface area (Å²) in [4.78, 5) is 23.7. The Hall–Kier alpha value is -2.74. The molecule has 1 fully saturated rings. The summed E-state index contributed by atoms with van der Waals surface area (Å²) in [5.74, 6) is 0. The average Bonchev–Trinajstić information content (AvgIpc) is 3.08. The molecule has 33 heavy (non-hydrogen) atoms. The third-order valence-corrected chi connectivity index (χ3v) is 11.9. The second kappa shape index (κ2) is 8.24. The van der Waals surface area contributed by atoms with E-state index in [1.54, 1.807) is 10.8 Å². The Bertz CT molecular complexity index is 1290. The van der Waals surface area contributed by atoms with Crippen LogP contribution in [0.25, 0.3) is 11.2 Å². The number of nitrogens with one attached hydrogen (secondary N) is 1. The van der Waals surface area contributed by atoms with E-state index in [-0.39, 0.29) is 28.2 Å². The zero-order chi connectivity index (χ0) is 23.2. The van der Waals surface area contributed by atoms with Gasteiger partial charge in [-0.2, -0.15) is 4.98 Å². The highest BCUT2D eigenvalue weighted by molar-refractivity contribution is 6.99. The Kier molecular flexibility index (Phi) is 5.51. The lowest BCUT2D eigenvalue weighted by molar-refractivity contribution is 0.0617. The molecule has 170 valence electrons. The normalized spacial score (nSPS) is 18.9. The Morgan fingerprint density at radius 3 is 2.15 bits per heavy atom. The minimum atomic E-state index is -2.61. The van der Waals surface area contributed by atoms with Crippen molar-refractivity contribution >= 4 is 41.5 Å². The fourth-order valence-electron chi connectivity index (χ4n) is 5.02. The highest BCUT2D eigenvalue weighted by atomic mass is 35.5. The van der Waals surface area contributed by atoms with Gasteiger partial charge in [-0.15, -0.1) is 0 Å². The summed E-state index contributed by atoms with van der Waals surface area (Å²) in [5, 5.41) is 2.57. The molecule has 2 aromatic heterocycles. The van der Waals surface area contributed by atoms with Crippen molar-refractivity contribution < 1.29 is 4.43 Å². The van der Waals surface area contributed by atoms with Crippen LogP contribution in [0.3, 0.4) is 0 Å². The van der Waals surface area contributed by atoms with Crippen molar-refractivity contribution in [2.45, 2.75) is 50.8 Å². The quantitative estimate of drug-likeness (QED) is 0.347. The van der Waals surface area contributed by atoms with Crippen LogP contribution in [0, 0.1) is 0 Å². The topological polar surface area (TPSA) is 72.8 Å².